The number of H-pyrrole nitrogens is 1. The first-order valence-electron chi connectivity index (χ1n) is 6.31. The Balaban J connectivity index is 2.16. The summed E-state index contributed by atoms with van der Waals surface area (Å²) in [6, 6.07) is 8.06. The van der Waals surface area contributed by atoms with Gasteiger partial charge in [-0.3, -0.25) is 5.10 Å². The Morgan fingerprint density at radius 1 is 1.37 bits per heavy atom. The van der Waals surface area contributed by atoms with E-state index in [1.807, 2.05) is 19.2 Å². The molecule has 3 N–H and O–H groups in total. The van der Waals surface area contributed by atoms with Gasteiger partial charge in [0.1, 0.15) is 11.6 Å². The molecule has 1 aromatic carbocycles. The SMILES string of the molecule is CCc1cc(N(C)Cc2cc(N)n[nH]2)ccc1OC. The molecule has 102 valence electrons. The van der Waals surface area contributed by atoms with Crippen LogP contribution in [0.5, 0.6) is 5.75 Å². The van der Waals surface area contributed by atoms with Crippen molar-refractivity contribution >= 4 is 11.5 Å². The Hall–Kier alpha value is -2.17. The van der Waals surface area contributed by atoms with Crippen LogP contribution in [0.15, 0.2) is 24.3 Å². The van der Waals surface area contributed by atoms with E-state index in [1.54, 1.807) is 7.11 Å². The van der Waals surface area contributed by atoms with E-state index in [2.05, 4.69) is 34.2 Å². The van der Waals surface area contributed by atoms with Gasteiger partial charge in [0.2, 0.25) is 0 Å². The Morgan fingerprint density at radius 2 is 2.16 bits per heavy atom. The van der Waals surface area contributed by atoms with Crippen LogP contribution in [-0.4, -0.2) is 24.4 Å². The van der Waals surface area contributed by atoms with Gasteiger partial charge in [-0.15, -0.1) is 0 Å². The highest BCUT2D eigenvalue weighted by Crippen LogP contribution is 2.25. The Morgan fingerprint density at radius 3 is 2.74 bits per heavy atom. The third kappa shape index (κ3) is 2.99. The lowest BCUT2D eigenvalue weighted by atomic mass is 10.1. The van der Waals surface area contributed by atoms with Gasteiger partial charge in [-0.05, 0) is 30.2 Å². The van der Waals surface area contributed by atoms with Crippen LogP contribution >= 0.6 is 0 Å². The number of aryl methyl sites for hydroxylation is 1. The van der Waals surface area contributed by atoms with Gasteiger partial charge >= 0.3 is 0 Å². The molecule has 0 saturated carbocycles. The van der Waals surface area contributed by atoms with E-state index in [1.165, 1.54) is 5.56 Å². The third-order valence-corrected chi connectivity index (χ3v) is 3.14. The fourth-order valence-corrected chi connectivity index (χ4v) is 2.09. The van der Waals surface area contributed by atoms with Gasteiger partial charge in [-0.25, -0.2) is 0 Å². The van der Waals surface area contributed by atoms with Crippen molar-refractivity contribution in [1.29, 1.82) is 0 Å². The molecule has 0 aliphatic heterocycles. The second-order valence-electron chi connectivity index (χ2n) is 4.52. The van der Waals surface area contributed by atoms with Crippen molar-refractivity contribution in [2.75, 3.05) is 24.8 Å². The number of nitrogens with two attached hydrogens (primary N) is 1. The molecule has 0 atom stereocenters. The molecule has 5 heteroatoms. The molecule has 2 aromatic rings. The van der Waals surface area contributed by atoms with Gasteiger partial charge in [0.15, 0.2) is 0 Å². The van der Waals surface area contributed by atoms with Crippen LogP contribution in [0.3, 0.4) is 0 Å². The van der Waals surface area contributed by atoms with E-state index in [0.29, 0.717) is 5.82 Å². The fourth-order valence-electron chi connectivity index (χ4n) is 2.09. The van der Waals surface area contributed by atoms with Gasteiger partial charge < -0.3 is 15.4 Å². The van der Waals surface area contributed by atoms with E-state index in [-0.39, 0.29) is 0 Å². The van der Waals surface area contributed by atoms with Crippen molar-refractivity contribution < 1.29 is 4.74 Å². The summed E-state index contributed by atoms with van der Waals surface area (Å²) < 4.78 is 5.34. The van der Waals surface area contributed by atoms with Crippen molar-refractivity contribution in [3.05, 3.63) is 35.5 Å². The first kappa shape index (κ1) is 13.3. The Bertz CT molecular complexity index is 550. The number of aromatic amines is 1. The molecule has 0 radical (unpaired) electrons. The summed E-state index contributed by atoms with van der Waals surface area (Å²) >= 11 is 0. The molecule has 0 amide bonds. The summed E-state index contributed by atoms with van der Waals surface area (Å²) in [5.41, 5.74) is 8.94. The summed E-state index contributed by atoms with van der Waals surface area (Å²) in [5, 5.41) is 6.85. The number of anilines is 2. The number of rotatable bonds is 5. The summed E-state index contributed by atoms with van der Waals surface area (Å²) in [4.78, 5) is 2.14. The summed E-state index contributed by atoms with van der Waals surface area (Å²) in [6.45, 7) is 2.86. The van der Waals surface area contributed by atoms with Crippen LogP contribution in [0.4, 0.5) is 11.5 Å². The Kier molecular flexibility index (Phi) is 3.94. The second kappa shape index (κ2) is 5.65. The zero-order valence-corrected chi connectivity index (χ0v) is 11.6. The van der Waals surface area contributed by atoms with E-state index in [4.69, 9.17) is 10.5 Å². The molecular weight excluding hydrogens is 240 g/mol. The number of hydrogen-bond acceptors (Lipinski definition) is 4. The molecule has 0 saturated heterocycles. The van der Waals surface area contributed by atoms with Crippen molar-refractivity contribution in [3.63, 3.8) is 0 Å². The maximum Gasteiger partial charge on any atom is 0.145 e. The lowest BCUT2D eigenvalue weighted by Crippen LogP contribution is -2.16. The van der Waals surface area contributed by atoms with E-state index in [0.717, 1.165) is 30.1 Å². The topological polar surface area (TPSA) is 67.2 Å². The van der Waals surface area contributed by atoms with Gasteiger partial charge in [0, 0.05) is 18.8 Å². The molecule has 0 bridgehead atoms. The van der Waals surface area contributed by atoms with Crippen LogP contribution < -0.4 is 15.4 Å². The first-order chi connectivity index (χ1) is 9.13. The molecule has 0 unspecified atom stereocenters. The normalized spacial score (nSPS) is 10.5. The molecule has 0 fully saturated rings. The highest BCUT2D eigenvalue weighted by atomic mass is 16.5. The predicted octanol–water partition coefficient (Wildman–Crippen LogP) is 2.20. The molecule has 1 aromatic heterocycles. The number of benzene rings is 1. The van der Waals surface area contributed by atoms with E-state index in [9.17, 15) is 0 Å². The molecular formula is C14H20N4O. The number of methoxy groups -OCH3 is 1. The largest absolute Gasteiger partial charge is 0.496 e. The summed E-state index contributed by atoms with van der Waals surface area (Å²) in [7, 11) is 3.74. The maximum atomic E-state index is 5.60. The van der Waals surface area contributed by atoms with Crippen LogP contribution in [0.2, 0.25) is 0 Å². The number of hydrogen-bond donors (Lipinski definition) is 2. The number of aromatic nitrogens is 2. The van der Waals surface area contributed by atoms with Crippen LogP contribution in [0.1, 0.15) is 18.2 Å². The van der Waals surface area contributed by atoms with Gasteiger partial charge in [-0.2, -0.15) is 5.10 Å². The highest BCUT2D eigenvalue weighted by Gasteiger charge is 2.08. The van der Waals surface area contributed by atoms with Crippen molar-refractivity contribution in [1.82, 2.24) is 10.2 Å². The zero-order valence-electron chi connectivity index (χ0n) is 11.6. The van der Waals surface area contributed by atoms with Crippen molar-refractivity contribution in [2.24, 2.45) is 0 Å². The lowest BCUT2D eigenvalue weighted by Gasteiger charge is -2.20. The molecule has 1 heterocycles. The quantitative estimate of drug-likeness (QED) is 0.865. The molecule has 0 aliphatic rings. The minimum atomic E-state index is 0.521. The molecule has 0 aliphatic carbocycles. The van der Waals surface area contributed by atoms with Crippen LogP contribution in [0.25, 0.3) is 0 Å². The van der Waals surface area contributed by atoms with Crippen LogP contribution in [0, 0.1) is 0 Å². The number of nitrogens with zero attached hydrogens (tertiary/aromatic N) is 2. The van der Waals surface area contributed by atoms with Gasteiger partial charge in [0.25, 0.3) is 0 Å². The third-order valence-electron chi connectivity index (χ3n) is 3.14. The van der Waals surface area contributed by atoms with Crippen LogP contribution in [-0.2, 0) is 13.0 Å². The average molecular weight is 260 g/mol. The highest BCUT2D eigenvalue weighted by molar-refractivity contribution is 5.53. The van der Waals surface area contributed by atoms with E-state index < -0.39 is 0 Å². The lowest BCUT2D eigenvalue weighted by molar-refractivity contribution is 0.410. The minimum absolute atomic E-state index is 0.521. The molecule has 19 heavy (non-hydrogen) atoms. The summed E-state index contributed by atoms with van der Waals surface area (Å²) in [5.74, 6) is 1.46. The number of nitrogen functional groups attached to an aromatic ring is 1. The van der Waals surface area contributed by atoms with Gasteiger partial charge in [0.05, 0.1) is 19.3 Å². The summed E-state index contributed by atoms with van der Waals surface area (Å²) in [6.07, 6.45) is 0.946. The van der Waals surface area contributed by atoms with E-state index >= 15 is 0 Å². The van der Waals surface area contributed by atoms with Gasteiger partial charge in [-0.1, -0.05) is 6.92 Å². The standard InChI is InChI=1S/C14H20N4O/c1-4-10-7-12(5-6-13(10)19-3)18(2)9-11-8-14(15)17-16-11/h5-8H,4,9H2,1-3H3,(H3,15,16,17). The smallest absolute Gasteiger partial charge is 0.145 e. The number of ether oxygens (including phenoxy) is 1. The predicted molar refractivity (Wildman–Crippen MR) is 77.5 cm³/mol. The zero-order chi connectivity index (χ0) is 13.8. The Labute approximate surface area is 113 Å². The minimum Gasteiger partial charge on any atom is -0.496 e. The second-order valence-corrected chi connectivity index (χ2v) is 4.52. The molecule has 0 spiro atoms. The van der Waals surface area contributed by atoms with Crippen molar-refractivity contribution in [3.8, 4) is 5.75 Å². The maximum absolute atomic E-state index is 5.60. The number of nitrogens with one attached hydrogen (secondary N) is 1. The monoisotopic (exact) mass is 260 g/mol. The first-order valence-corrected chi connectivity index (χ1v) is 6.31. The molecule has 2 rings (SSSR count). The fraction of sp³-hybridized carbons (Fsp3) is 0.357. The average Bonchev–Trinajstić information content (AvgIpc) is 2.83. The van der Waals surface area contributed by atoms with Crippen molar-refractivity contribution in [2.45, 2.75) is 19.9 Å². The molecule has 5 nitrogen and oxygen atoms in total.